The standard InChI is InChI=1S/C21H29NO5/c1-6-11-27-15-9-7-8-14(13-15)17-16(19(24)21(2,3)4)18(23)20(25)22(17)10-12-26-5/h7-9,13,17,23H,6,10-12H2,1-5H3. The van der Waals surface area contributed by atoms with Crippen LogP contribution in [0.15, 0.2) is 35.6 Å². The fourth-order valence-electron chi connectivity index (χ4n) is 3.05. The highest BCUT2D eigenvalue weighted by molar-refractivity contribution is 6.10. The lowest BCUT2D eigenvalue weighted by Gasteiger charge is -2.29. The second-order valence-electron chi connectivity index (χ2n) is 7.66. The van der Waals surface area contributed by atoms with Crippen LogP contribution in [0.2, 0.25) is 0 Å². The Balaban J connectivity index is 2.51. The molecule has 0 bridgehead atoms. The quantitative estimate of drug-likeness (QED) is 0.753. The van der Waals surface area contributed by atoms with Gasteiger partial charge in [0, 0.05) is 19.1 Å². The van der Waals surface area contributed by atoms with Crippen molar-refractivity contribution in [3.8, 4) is 5.75 Å². The molecule has 1 aliphatic rings. The Morgan fingerprint density at radius 2 is 1.96 bits per heavy atom. The number of aliphatic hydroxyl groups is 1. The smallest absolute Gasteiger partial charge is 0.290 e. The van der Waals surface area contributed by atoms with Crippen molar-refractivity contribution in [3.63, 3.8) is 0 Å². The van der Waals surface area contributed by atoms with Gasteiger partial charge in [-0.1, -0.05) is 39.8 Å². The van der Waals surface area contributed by atoms with E-state index in [9.17, 15) is 14.7 Å². The third kappa shape index (κ3) is 4.50. The topological polar surface area (TPSA) is 76.1 Å². The van der Waals surface area contributed by atoms with Gasteiger partial charge in [-0.25, -0.2) is 0 Å². The summed E-state index contributed by atoms with van der Waals surface area (Å²) in [6.07, 6.45) is 0.876. The first kappa shape index (κ1) is 21.0. The van der Waals surface area contributed by atoms with Gasteiger partial charge in [-0.3, -0.25) is 9.59 Å². The Morgan fingerprint density at radius 3 is 2.56 bits per heavy atom. The largest absolute Gasteiger partial charge is 0.503 e. The third-order valence-corrected chi connectivity index (χ3v) is 4.41. The summed E-state index contributed by atoms with van der Waals surface area (Å²) < 4.78 is 10.8. The number of nitrogens with zero attached hydrogens (tertiary/aromatic N) is 1. The highest BCUT2D eigenvalue weighted by Crippen LogP contribution is 2.41. The van der Waals surface area contributed by atoms with Gasteiger partial charge in [0.25, 0.3) is 5.91 Å². The van der Waals surface area contributed by atoms with Gasteiger partial charge in [0.1, 0.15) is 5.75 Å². The molecule has 0 radical (unpaired) electrons. The van der Waals surface area contributed by atoms with Gasteiger partial charge in [0.2, 0.25) is 0 Å². The van der Waals surface area contributed by atoms with Crippen LogP contribution in [0.3, 0.4) is 0 Å². The Morgan fingerprint density at radius 1 is 1.26 bits per heavy atom. The summed E-state index contributed by atoms with van der Waals surface area (Å²) in [4.78, 5) is 27.2. The summed E-state index contributed by atoms with van der Waals surface area (Å²) in [5.74, 6) is -0.610. The summed E-state index contributed by atoms with van der Waals surface area (Å²) in [6.45, 7) is 8.49. The Hall–Kier alpha value is -2.34. The zero-order valence-electron chi connectivity index (χ0n) is 16.7. The molecule has 1 aromatic carbocycles. The van der Waals surface area contributed by atoms with Crippen LogP contribution in [0, 0.1) is 5.41 Å². The van der Waals surface area contributed by atoms with Crippen molar-refractivity contribution >= 4 is 11.7 Å². The highest BCUT2D eigenvalue weighted by Gasteiger charge is 2.45. The van der Waals surface area contributed by atoms with E-state index in [0.717, 1.165) is 12.0 Å². The number of hydrogen-bond acceptors (Lipinski definition) is 5. The van der Waals surface area contributed by atoms with E-state index in [1.807, 2.05) is 31.2 Å². The molecular weight excluding hydrogens is 346 g/mol. The molecule has 148 valence electrons. The minimum absolute atomic E-state index is 0.135. The first-order chi connectivity index (χ1) is 12.7. The molecule has 1 atom stereocenters. The molecule has 6 nitrogen and oxygen atoms in total. The van der Waals surface area contributed by atoms with Crippen molar-refractivity contribution in [2.75, 3.05) is 26.9 Å². The molecule has 1 heterocycles. The minimum atomic E-state index is -0.727. The SMILES string of the molecule is CCCOc1cccc(C2C(C(=O)C(C)(C)C)=C(O)C(=O)N2CCOC)c1. The summed E-state index contributed by atoms with van der Waals surface area (Å²) in [5, 5.41) is 10.5. The van der Waals surface area contributed by atoms with Gasteiger partial charge in [-0.05, 0) is 24.1 Å². The van der Waals surface area contributed by atoms with Crippen LogP contribution in [0.1, 0.15) is 45.7 Å². The van der Waals surface area contributed by atoms with E-state index in [2.05, 4.69) is 0 Å². The first-order valence-corrected chi connectivity index (χ1v) is 9.23. The van der Waals surface area contributed by atoms with E-state index in [1.165, 1.54) is 4.90 Å². The van der Waals surface area contributed by atoms with Crippen molar-refractivity contribution in [3.05, 3.63) is 41.2 Å². The predicted molar refractivity (Wildman–Crippen MR) is 103 cm³/mol. The number of benzene rings is 1. The molecule has 0 saturated carbocycles. The van der Waals surface area contributed by atoms with Crippen LogP contribution in [0.25, 0.3) is 0 Å². The van der Waals surface area contributed by atoms with Crippen molar-refractivity contribution in [1.82, 2.24) is 4.90 Å². The van der Waals surface area contributed by atoms with E-state index in [-0.39, 0.29) is 17.9 Å². The molecule has 0 spiro atoms. The molecule has 1 N–H and O–H groups in total. The number of carbonyl (C=O) groups excluding carboxylic acids is 2. The number of ketones is 1. The lowest BCUT2D eigenvalue weighted by molar-refractivity contribution is -0.130. The third-order valence-electron chi connectivity index (χ3n) is 4.41. The Kier molecular flexibility index (Phi) is 6.65. The number of aliphatic hydroxyl groups excluding tert-OH is 1. The number of ether oxygens (including phenoxy) is 2. The molecular formula is C21H29NO5. The van der Waals surface area contributed by atoms with Crippen LogP contribution < -0.4 is 4.74 Å². The molecule has 0 aliphatic carbocycles. The van der Waals surface area contributed by atoms with Gasteiger partial charge in [-0.2, -0.15) is 0 Å². The van der Waals surface area contributed by atoms with Crippen LogP contribution >= 0.6 is 0 Å². The molecule has 1 aromatic rings. The maximum atomic E-state index is 13.0. The molecule has 1 unspecified atom stereocenters. The Labute approximate surface area is 160 Å². The highest BCUT2D eigenvalue weighted by atomic mass is 16.5. The number of hydrogen-bond donors (Lipinski definition) is 1. The molecule has 0 fully saturated rings. The molecule has 6 heteroatoms. The summed E-state index contributed by atoms with van der Waals surface area (Å²) in [7, 11) is 1.54. The molecule has 0 aromatic heterocycles. The first-order valence-electron chi connectivity index (χ1n) is 9.23. The monoisotopic (exact) mass is 375 g/mol. The molecule has 27 heavy (non-hydrogen) atoms. The van der Waals surface area contributed by atoms with E-state index in [4.69, 9.17) is 9.47 Å². The average molecular weight is 375 g/mol. The number of Topliss-reactive ketones (excluding diaryl/α,β-unsaturated/α-hetero) is 1. The van der Waals surface area contributed by atoms with Crippen molar-refractivity contribution < 1.29 is 24.2 Å². The zero-order valence-corrected chi connectivity index (χ0v) is 16.7. The molecule has 1 aliphatic heterocycles. The van der Waals surface area contributed by atoms with Gasteiger partial charge in [0.05, 0.1) is 24.8 Å². The van der Waals surface area contributed by atoms with Gasteiger partial charge < -0.3 is 19.5 Å². The second-order valence-corrected chi connectivity index (χ2v) is 7.66. The number of rotatable bonds is 8. The Bertz CT molecular complexity index is 732. The summed E-state index contributed by atoms with van der Waals surface area (Å²) >= 11 is 0. The lowest BCUT2D eigenvalue weighted by atomic mass is 9.82. The van der Waals surface area contributed by atoms with Crippen LogP contribution in [0.4, 0.5) is 0 Å². The van der Waals surface area contributed by atoms with Gasteiger partial charge in [0.15, 0.2) is 11.5 Å². The predicted octanol–water partition coefficient (Wildman–Crippen LogP) is 3.43. The van der Waals surface area contributed by atoms with E-state index >= 15 is 0 Å². The molecule has 1 amide bonds. The lowest BCUT2D eigenvalue weighted by Crippen LogP contribution is -2.35. The van der Waals surface area contributed by atoms with Gasteiger partial charge >= 0.3 is 0 Å². The number of amides is 1. The second kappa shape index (κ2) is 8.57. The number of carbonyl (C=O) groups is 2. The summed E-state index contributed by atoms with van der Waals surface area (Å²) in [6, 6.07) is 6.66. The van der Waals surface area contributed by atoms with E-state index in [1.54, 1.807) is 27.9 Å². The maximum absolute atomic E-state index is 13.0. The zero-order chi connectivity index (χ0) is 20.2. The van der Waals surface area contributed by atoms with Crippen molar-refractivity contribution in [2.24, 2.45) is 5.41 Å². The molecule has 0 saturated heterocycles. The minimum Gasteiger partial charge on any atom is -0.503 e. The van der Waals surface area contributed by atoms with Crippen molar-refractivity contribution in [1.29, 1.82) is 0 Å². The van der Waals surface area contributed by atoms with Crippen molar-refractivity contribution in [2.45, 2.75) is 40.2 Å². The van der Waals surface area contributed by atoms with E-state index in [0.29, 0.717) is 19.0 Å². The molecule has 2 rings (SSSR count). The maximum Gasteiger partial charge on any atom is 0.290 e. The van der Waals surface area contributed by atoms with Gasteiger partial charge in [-0.15, -0.1) is 0 Å². The van der Waals surface area contributed by atoms with Crippen LogP contribution in [-0.4, -0.2) is 48.6 Å². The normalized spacial score (nSPS) is 17.6. The fourth-order valence-corrected chi connectivity index (χ4v) is 3.05. The van der Waals surface area contributed by atoms with Crippen LogP contribution in [-0.2, 0) is 14.3 Å². The number of methoxy groups -OCH3 is 1. The average Bonchev–Trinajstić information content (AvgIpc) is 2.88. The fraction of sp³-hybridized carbons (Fsp3) is 0.524. The summed E-state index contributed by atoms with van der Waals surface area (Å²) in [5.41, 5.74) is 0.135. The van der Waals surface area contributed by atoms with E-state index < -0.39 is 23.1 Å². The van der Waals surface area contributed by atoms with Crippen LogP contribution in [0.5, 0.6) is 5.75 Å².